The first-order valence-corrected chi connectivity index (χ1v) is 5.57. The fourth-order valence-corrected chi connectivity index (χ4v) is 1.63. The summed E-state index contributed by atoms with van der Waals surface area (Å²) in [5, 5.41) is 8.65. The fourth-order valence-electron chi connectivity index (χ4n) is 1.63. The minimum atomic E-state index is -0.901. The van der Waals surface area contributed by atoms with E-state index in [-0.39, 0.29) is 24.8 Å². The van der Waals surface area contributed by atoms with Crippen LogP contribution in [0, 0.1) is 12.7 Å². The molecule has 0 amide bonds. The van der Waals surface area contributed by atoms with E-state index in [9.17, 15) is 9.18 Å². The van der Waals surface area contributed by atoms with E-state index >= 15 is 0 Å². The van der Waals surface area contributed by atoms with Crippen molar-refractivity contribution < 1.29 is 19.0 Å². The third-order valence-corrected chi connectivity index (χ3v) is 2.28. The average molecular weight is 240 g/mol. The van der Waals surface area contributed by atoms with Gasteiger partial charge in [0.2, 0.25) is 0 Å². The molecule has 1 rings (SSSR count). The third-order valence-electron chi connectivity index (χ3n) is 2.28. The van der Waals surface area contributed by atoms with Gasteiger partial charge in [-0.25, -0.2) is 4.39 Å². The molecular formula is C13H17FO3. The fraction of sp³-hybridized carbons (Fsp3) is 0.462. The number of ether oxygens (including phenoxy) is 1. The van der Waals surface area contributed by atoms with Crippen LogP contribution in [0.2, 0.25) is 0 Å². The number of carboxylic acid groups (broad SMARTS) is 1. The number of hydrogen-bond donors (Lipinski definition) is 1. The van der Waals surface area contributed by atoms with Crippen molar-refractivity contribution in [2.45, 2.75) is 39.7 Å². The van der Waals surface area contributed by atoms with Gasteiger partial charge in [0.25, 0.3) is 0 Å². The molecule has 0 fully saturated rings. The first-order chi connectivity index (χ1) is 7.90. The quantitative estimate of drug-likeness (QED) is 0.860. The Kier molecular flexibility index (Phi) is 4.49. The highest BCUT2D eigenvalue weighted by Gasteiger charge is 2.12. The van der Waals surface area contributed by atoms with E-state index in [2.05, 4.69) is 0 Å². The van der Waals surface area contributed by atoms with E-state index in [1.807, 2.05) is 13.8 Å². The molecule has 1 aromatic carbocycles. The molecule has 1 aromatic rings. The van der Waals surface area contributed by atoms with Gasteiger partial charge in [-0.2, -0.15) is 0 Å². The number of hydrogen-bond acceptors (Lipinski definition) is 2. The number of carboxylic acids is 1. The highest BCUT2D eigenvalue weighted by atomic mass is 19.1. The molecule has 0 aliphatic heterocycles. The van der Waals surface area contributed by atoms with Crippen LogP contribution < -0.4 is 4.74 Å². The lowest BCUT2D eigenvalue weighted by Gasteiger charge is -2.16. The standard InChI is InChI=1S/C13H17FO3/c1-8(2)17-13-9(3)6-11(14)7-10(13)4-5-12(15)16/h6-8H,4-5H2,1-3H3,(H,15,16). The molecule has 0 aliphatic rings. The third kappa shape index (κ3) is 4.06. The number of aryl methyl sites for hydroxylation is 2. The minimum absolute atomic E-state index is 0.0252. The van der Waals surface area contributed by atoms with Crippen LogP contribution in [-0.2, 0) is 11.2 Å². The predicted octanol–water partition coefficient (Wildman–Crippen LogP) is 2.94. The lowest BCUT2D eigenvalue weighted by molar-refractivity contribution is -0.136. The summed E-state index contributed by atoms with van der Waals surface area (Å²) in [6.45, 7) is 5.51. The Morgan fingerprint density at radius 1 is 1.47 bits per heavy atom. The van der Waals surface area contributed by atoms with Crippen LogP contribution in [0.15, 0.2) is 12.1 Å². The number of halogens is 1. The Labute approximate surface area is 100 Å². The molecule has 4 heteroatoms. The SMILES string of the molecule is Cc1cc(F)cc(CCC(=O)O)c1OC(C)C. The molecule has 0 atom stereocenters. The largest absolute Gasteiger partial charge is 0.490 e. The summed E-state index contributed by atoms with van der Waals surface area (Å²) in [6.07, 6.45) is 0.218. The predicted molar refractivity (Wildman–Crippen MR) is 62.9 cm³/mol. The molecule has 0 saturated carbocycles. The Bertz CT molecular complexity index is 413. The topological polar surface area (TPSA) is 46.5 Å². The van der Waals surface area contributed by atoms with Gasteiger partial charge in [-0.15, -0.1) is 0 Å². The van der Waals surface area contributed by atoms with Crippen molar-refractivity contribution in [1.29, 1.82) is 0 Å². The van der Waals surface area contributed by atoms with E-state index < -0.39 is 5.97 Å². The van der Waals surface area contributed by atoms with Gasteiger partial charge in [0, 0.05) is 6.42 Å². The maximum Gasteiger partial charge on any atom is 0.303 e. The number of benzene rings is 1. The molecule has 0 heterocycles. The maximum atomic E-state index is 13.3. The van der Waals surface area contributed by atoms with Gasteiger partial charge in [-0.3, -0.25) is 4.79 Å². The first-order valence-electron chi connectivity index (χ1n) is 5.57. The summed E-state index contributed by atoms with van der Waals surface area (Å²) in [7, 11) is 0. The summed E-state index contributed by atoms with van der Waals surface area (Å²) in [5.74, 6) is -0.663. The summed E-state index contributed by atoms with van der Waals surface area (Å²) in [4.78, 5) is 10.5. The molecule has 94 valence electrons. The molecule has 0 spiro atoms. The van der Waals surface area contributed by atoms with E-state index in [4.69, 9.17) is 9.84 Å². The molecule has 1 N–H and O–H groups in total. The van der Waals surface area contributed by atoms with Gasteiger partial charge >= 0.3 is 5.97 Å². The second-order valence-corrected chi connectivity index (χ2v) is 4.27. The Balaban J connectivity index is 3.02. The normalized spacial score (nSPS) is 10.6. The molecule has 0 saturated heterocycles. The maximum absolute atomic E-state index is 13.3. The van der Waals surface area contributed by atoms with Gasteiger partial charge in [0.05, 0.1) is 6.10 Å². The van der Waals surface area contributed by atoms with E-state index in [1.165, 1.54) is 12.1 Å². The lowest BCUT2D eigenvalue weighted by atomic mass is 10.0. The van der Waals surface area contributed by atoms with Crippen molar-refractivity contribution in [3.05, 3.63) is 29.1 Å². The van der Waals surface area contributed by atoms with Crippen LogP contribution in [0.25, 0.3) is 0 Å². The van der Waals surface area contributed by atoms with Crippen LogP contribution in [-0.4, -0.2) is 17.2 Å². The van der Waals surface area contributed by atoms with Crippen molar-refractivity contribution in [3.63, 3.8) is 0 Å². The zero-order chi connectivity index (χ0) is 13.0. The van der Waals surface area contributed by atoms with Crippen LogP contribution in [0.4, 0.5) is 4.39 Å². The van der Waals surface area contributed by atoms with Crippen LogP contribution in [0.5, 0.6) is 5.75 Å². The Morgan fingerprint density at radius 3 is 2.65 bits per heavy atom. The van der Waals surface area contributed by atoms with E-state index in [0.717, 1.165) is 0 Å². The van der Waals surface area contributed by atoms with E-state index in [1.54, 1.807) is 6.92 Å². The van der Waals surface area contributed by atoms with Gasteiger partial charge < -0.3 is 9.84 Å². The summed E-state index contributed by atoms with van der Waals surface area (Å²) in [6, 6.07) is 2.73. The smallest absolute Gasteiger partial charge is 0.303 e. The van der Waals surface area contributed by atoms with Crippen molar-refractivity contribution in [2.75, 3.05) is 0 Å². The van der Waals surface area contributed by atoms with Gasteiger partial charge in [0.1, 0.15) is 11.6 Å². The van der Waals surface area contributed by atoms with Gasteiger partial charge in [-0.05, 0) is 50.5 Å². The summed E-state index contributed by atoms with van der Waals surface area (Å²) in [5.41, 5.74) is 1.30. The molecule has 17 heavy (non-hydrogen) atoms. The molecule has 0 unspecified atom stereocenters. The highest BCUT2D eigenvalue weighted by molar-refractivity contribution is 5.67. The molecule has 0 bridgehead atoms. The number of aliphatic carboxylic acids is 1. The molecule has 0 aliphatic carbocycles. The highest BCUT2D eigenvalue weighted by Crippen LogP contribution is 2.27. The van der Waals surface area contributed by atoms with Gasteiger partial charge in [0.15, 0.2) is 0 Å². The zero-order valence-electron chi connectivity index (χ0n) is 10.3. The second kappa shape index (κ2) is 5.66. The van der Waals surface area contributed by atoms with E-state index in [0.29, 0.717) is 16.9 Å². The Morgan fingerprint density at radius 2 is 2.12 bits per heavy atom. The molecule has 0 radical (unpaired) electrons. The van der Waals surface area contributed by atoms with Crippen molar-refractivity contribution in [2.24, 2.45) is 0 Å². The van der Waals surface area contributed by atoms with Crippen LogP contribution in [0.3, 0.4) is 0 Å². The molecular weight excluding hydrogens is 223 g/mol. The lowest BCUT2D eigenvalue weighted by Crippen LogP contribution is -2.10. The molecule has 0 aromatic heterocycles. The van der Waals surface area contributed by atoms with Crippen LogP contribution >= 0.6 is 0 Å². The first kappa shape index (κ1) is 13.5. The molecule has 3 nitrogen and oxygen atoms in total. The number of rotatable bonds is 5. The summed E-state index contributed by atoms with van der Waals surface area (Å²) < 4.78 is 18.9. The second-order valence-electron chi connectivity index (χ2n) is 4.27. The van der Waals surface area contributed by atoms with Crippen LogP contribution in [0.1, 0.15) is 31.4 Å². The van der Waals surface area contributed by atoms with Crippen molar-refractivity contribution in [3.8, 4) is 5.75 Å². The summed E-state index contributed by atoms with van der Waals surface area (Å²) >= 11 is 0. The van der Waals surface area contributed by atoms with Gasteiger partial charge in [-0.1, -0.05) is 0 Å². The number of carbonyl (C=O) groups is 1. The monoisotopic (exact) mass is 240 g/mol. The zero-order valence-corrected chi connectivity index (χ0v) is 10.3. The van der Waals surface area contributed by atoms with Crippen molar-refractivity contribution in [1.82, 2.24) is 0 Å². The van der Waals surface area contributed by atoms with Crippen molar-refractivity contribution >= 4 is 5.97 Å². The minimum Gasteiger partial charge on any atom is -0.490 e. The average Bonchev–Trinajstić information content (AvgIpc) is 2.18. The Hall–Kier alpha value is -1.58.